The Labute approximate surface area is 123 Å². The van der Waals surface area contributed by atoms with E-state index >= 15 is 0 Å². The molecule has 0 heterocycles. The zero-order valence-corrected chi connectivity index (χ0v) is 12.7. The van der Waals surface area contributed by atoms with Gasteiger partial charge in [0, 0.05) is 12.6 Å². The second kappa shape index (κ2) is 7.88. The molecule has 1 unspecified atom stereocenters. The third-order valence-corrected chi connectivity index (χ3v) is 4.17. The Morgan fingerprint density at radius 2 is 2.00 bits per heavy atom. The summed E-state index contributed by atoms with van der Waals surface area (Å²) in [5, 5.41) is 13.4. The molecule has 1 aromatic rings. The van der Waals surface area contributed by atoms with Crippen molar-refractivity contribution in [3.8, 4) is 5.75 Å². The van der Waals surface area contributed by atoms with Gasteiger partial charge in [0.25, 0.3) is 0 Å². The molecule has 1 fully saturated rings. The van der Waals surface area contributed by atoms with E-state index in [-0.39, 0.29) is 0 Å². The lowest BCUT2D eigenvalue weighted by Gasteiger charge is -2.24. The summed E-state index contributed by atoms with van der Waals surface area (Å²) in [5.74, 6) is 0.777. The molecule has 4 heteroatoms. The fourth-order valence-corrected chi connectivity index (χ4v) is 2.82. The summed E-state index contributed by atoms with van der Waals surface area (Å²) in [6, 6.07) is 8.27. The molecule has 0 spiro atoms. The Bertz CT molecular complexity index is 380. The molecule has 0 aliphatic heterocycles. The van der Waals surface area contributed by atoms with Crippen LogP contribution in [0.3, 0.4) is 0 Å². The molecule has 0 radical (unpaired) electrons. The zero-order chi connectivity index (χ0) is 13.5. The van der Waals surface area contributed by atoms with Crippen LogP contribution < -0.4 is 10.1 Å². The average molecular weight is 328 g/mol. The fourth-order valence-electron chi connectivity index (χ4n) is 2.42. The molecule has 1 aromatic carbocycles. The summed E-state index contributed by atoms with van der Waals surface area (Å²) in [6.07, 6.45) is 5.97. The Balaban J connectivity index is 1.66. The highest BCUT2D eigenvalue weighted by atomic mass is 79.9. The predicted octanol–water partition coefficient (Wildman–Crippen LogP) is 3.11. The molecular weight excluding hydrogens is 306 g/mol. The molecule has 1 saturated carbocycles. The monoisotopic (exact) mass is 327 g/mol. The van der Waals surface area contributed by atoms with E-state index in [2.05, 4.69) is 21.2 Å². The summed E-state index contributed by atoms with van der Waals surface area (Å²) in [6.45, 7) is 0.928. The molecule has 2 N–H and O–H groups in total. The first kappa shape index (κ1) is 14.8. The van der Waals surface area contributed by atoms with E-state index in [1.54, 1.807) is 0 Å². The van der Waals surface area contributed by atoms with E-state index in [0.29, 0.717) is 19.2 Å². The van der Waals surface area contributed by atoms with Gasteiger partial charge in [-0.25, -0.2) is 0 Å². The highest BCUT2D eigenvalue weighted by molar-refractivity contribution is 9.10. The van der Waals surface area contributed by atoms with Crippen molar-refractivity contribution in [1.82, 2.24) is 5.32 Å². The maximum Gasteiger partial charge on any atom is 0.133 e. The molecule has 0 amide bonds. The van der Waals surface area contributed by atoms with Gasteiger partial charge in [-0.15, -0.1) is 0 Å². The lowest BCUT2D eigenvalue weighted by atomic mass is 9.95. The lowest BCUT2D eigenvalue weighted by Crippen LogP contribution is -2.38. The van der Waals surface area contributed by atoms with Crippen LogP contribution in [-0.4, -0.2) is 30.4 Å². The summed E-state index contributed by atoms with van der Waals surface area (Å²) < 4.78 is 6.52. The third kappa shape index (κ3) is 5.13. The van der Waals surface area contributed by atoms with E-state index in [1.165, 1.54) is 32.1 Å². The van der Waals surface area contributed by atoms with Gasteiger partial charge in [0.05, 0.1) is 4.47 Å². The van der Waals surface area contributed by atoms with E-state index < -0.39 is 6.10 Å². The second-order valence-corrected chi connectivity index (χ2v) is 5.99. The first-order valence-corrected chi connectivity index (χ1v) is 7.84. The molecule has 0 saturated heterocycles. The normalized spacial score (nSPS) is 18.2. The molecule has 0 bridgehead atoms. The van der Waals surface area contributed by atoms with Crippen molar-refractivity contribution in [2.24, 2.45) is 0 Å². The van der Waals surface area contributed by atoms with Crippen LogP contribution in [0.1, 0.15) is 32.1 Å². The Morgan fingerprint density at radius 1 is 1.26 bits per heavy atom. The van der Waals surface area contributed by atoms with Crippen molar-refractivity contribution in [2.45, 2.75) is 44.2 Å². The van der Waals surface area contributed by atoms with Gasteiger partial charge >= 0.3 is 0 Å². The van der Waals surface area contributed by atoms with E-state index in [9.17, 15) is 5.11 Å². The van der Waals surface area contributed by atoms with Crippen molar-refractivity contribution >= 4 is 15.9 Å². The van der Waals surface area contributed by atoms with Gasteiger partial charge in [0.1, 0.15) is 18.5 Å². The summed E-state index contributed by atoms with van der Waals surface area (Å²) in [4.78, 5) is 0. The number of para-hydroxylation sites is 1. The maximum atomic E-state index is 9.93. The van der Waals surface area contributed by atoms with Crippen molar-refractivity contribution in [3.05, 3.63) is 28.7 Å². The number of benzene rings is 1. The molecule has 106 valence electrons. The number of aliphatic hydroxyl groups excluding tert-OH is 1. The summed E-state index contributed by atoms with van der Waals surface area (Å²) in [5.41, 5.74) is 0. The minimum absolute atomic E-state index is 0.322. The van der Waals surface area contributed by atoms with Crippen molar-refractivity contribution in [3.63, 3.8) is 0 Å². The molecule has 1 atom stereocenters. The first-order valence-electron chi connectivity index (χ1n) is 7.04. The molecule has 1 aliphatic rings. The summed E-state index contributed by atoms with van der Waals surface area (Å²) in [7, 11) is 0. The quantitative estimate of drug-likeness (QED) is 0.843. The van der Waals surface area contributed by atoms with Crippen molar-refractivity contribution in [1.29, 1.82) is 0 Å². The van der Waals surface area contributed by atoms with Crippen LogP contribution in [-0.2, 0) is 0 Å². The number of hydrogen-bond acceptors (Lipinski definition) is 3. The molecule has 3 nitrogen and oxygen atoms in total. The Morgan fingerprint density at radius 3 is 2.74 bits per heavy atom. The Kier molecular flexibility index (Phi) is 6.14. The van der Waals surface area contributed by atoms with Crippen LogP contribution in [0.2, 0.25) is 0 Å². The SMILES string of the molecule is OC(CNC1CCCCC1)COc1ccccc1Br. The van der Waals surface area contributed by atoms with E-state index in [1.807, 2.05) is 24.3 Å². The fraction of sp³-hybridized carbons (Fsp3) is 0.600. The van der Waals surface area contributed by atoms with Gasteiger partial charge in [-0.2, -0.15) is 0 Å². The van der Waals surface area contributed by atoms with Gasteiger partial charge in [0.2, 0.25) is 0 Å². The van der Waals surface area contributed by atoms with Crippen LogP contribution in [0.25, 0.3) is 0 Å². The predicted molar refractivity (Wildman–Crippen MR) is 80.5 cm³/mol. The minimum atomic E-state index is -0.464. The van der Waals surface area contributed by atoms with Gasteiger partial charge in [-0.05, 0) is 40.9 Å². The minimum Gasteiger partial charge on any atom is -0.490 e. The molecule has 19 heavy (non-hydrogen) atoms. The topological polar surface area (TPSA) is 41.5 Å². The van der Waals surface area contributed by atoms with E-state index in [0.717, 1.165) is 10.2 Å². The van der Waals surface area contributed by atoms with Gasteiger partial charge < -0.3 is 15.2 Å². The zero-order valence-electron chi connectivity index (χ0n) is 11.1. The second-order valence-electron chi connectivity index (χ2n) is 5.14. The number of hydrogen-bond donors (Lipinski definition) is 2. The standard InChI is InChI=1S/C15H22BrNO2/c16-14-8-4-5-9-15(14)19-11-13(18)10-17-12-6-2-1-3-7-12/h4-5,8-9,12-13,17-18H,1-3,6-7,10-11H2. The number of nitrogens with one attached hydrogen (secondary N) is 1. The van der Waals surface area contributed by atoms with Crippen LogP contribution in [0, 0.1) is 0 Å². The highest BCUT2D eigenvalue weighted by Crippen LogP contribution is 2.23. The molecule has 1 aliphatic carbocycles. The number of aliphatic hydroxyl groups is 1. The number of halogens is 1. The smallest absolute Gasteiger partial charge is 0.133 e. The highest BCUT2D eigenvalue weighted by Gasteiger charge is 2.14. The average Bonchev–Trinajstić information content (AvgIpc) is 2.45. The maximum absolute atomic E-state index is 9.93. The van der Waals surface area contributed by atoms with E-state index in [4.69, 9.17) is 4.74 Å². The number of ether oxygens (including phenoxy) is 1. The van der Waals surface area contributed by atoms with Crippen molar-refractivity contribution < 1.29 is 9.84 Å². The van der Waals surface area contributed by atoms with Crippen molar-refractivity contribution in [2.75, 3.05) is 13.2 Å². The first-order chi connectivity index (χ1) is 9.25. The summed E-state index contributed by atoms with van der Waals surface area (Å²) >= 11 is 3.43. The van der Waals surface area contributed by atoms with Gasteiger partial charge in [-0.3, -0.25) is 0 Å². The molecule has 2 rings (SSSR count). The molecular formula is C15H22BrNO2. The largest absolute Gasteiger partial charge is 0.490 e. The Hall–Kier alpha value is -0.580. The van der Waals surface area contributed by atoms with Gasteiger partial charge in [-0.1, -0.05) is 31.4 Å². The lowest BCUT2D eigenvalue weighted by molar-refractivity contribution is 0.101. The van der Waals surface area contributed by atoms with Gasteiger partial charge in [0.15, 0.2) is 0 Å². The van der Waals surface area contributed by atoms with Crippen LogP contribution in [0.4, 0.5) is 0 Å². The van der Waals surface area contributed by atoms with Crippen LogP contribution in [0.15, 0.2) is 28.7 Å². The number of rotatable bonds is 6. The van der Waals surface area contributed by atoms with Crippen LogP contribution in [0.5, 0.6) is 5.75 Å². The van der Waals surface area contributed by atoms with Crippen LogP contribution >= 0.6 is 15.9 Å². The third-order valence-electron chi connectivity index (χ3n) is 3.52. The molecule has 0 aromatic heterocycles.